The third kappa shape index (κ3) is 4.10. The third-order valence-electron chi connectivity index (χ3n) is 3.27. The van der Waals surface area contributed by atoms with Gasteiger partial charge in [-0.1, -0.05) is 17.7 Å². The Balaban J connectivity index is 1.81. The summed E-state index contributed by atoms with van der Waals surface area (Å²) < 4.78 is 5.05. The Morgan fingerprint density at radius 2 is 2.05 bits per heavy atom. The topological polar surface area (TPSA) is 53.0 Å². The fraction of sp³-hybridized carbons (Fsp3) is 0.500. The number of amides is 1. The average molecular weight is 299 g/mol. The highest BCUT2D eigenvalue weighted by Crippen LogP contribution is 2.20. The molecule has 1 aliphatic heterocycles. The molecule has 1 fully saturated rings. The zero-order chi connectivity index (χ0) is 14.4. The van der Waals surface area contributed by atoms with Crippen molar-refractivity contribution in [2.45, 2.75) is 0 Å². The minimum atomic E-state index is -0.0597. The van der Waals surface area contributed by atoms with Crippen LogP contribution in [-0.4, -0.2) is 61.9 Å². The van der Waals surface area contributed by atoms with E-state index in [4.69, 9.17) is 21.4 Å². The Hall–Kier alpha value is -1.30. The first-order chi connectivity index (χ1) is 9.70. The van der Waals surface area contributed by atoms with E-state index in [0.717, 1.165) is 23.8 Å². The summed E-state index contributed by atoms with van der Waals surface area (Å²) in [5.74, 6) is -0.0239. The van der Waals surface area contributed by atoms with Gasteiger partial charge in [0.1, 0.15) is 6.61 Å². The van der Waals surface area contributed by atoms with Crippen molar-refractivity contribution in [2.24, 2.45) is 0 Å². The molecular formula is C14H19ClN2O3. The molecule has 0 unspecified atom stereocenters. The Labute approximate surface area is 123 Å². The number of carbonyl (C=O) groups is 1. The highest BCUT2D eigenvalue weighted by atomic mass is 35.5. The molecule has 1 aromatic carbocycles. The molecule has 0 aliphatic carbocycles. The summed E-state index contributed by atoms with van der Waals surface area (Å²) in [6.07, 6.45) is 0. The van der Waals surface area contributed by atoms with Crippen LogP contribution in [0.1, 0.15) is 0 Å². The molecular weight excluding hydrogens is 280 g/mol. The van der Waals surface area contributed by atoms with E-state index < -0.39 is 0 Å². The third-order valence-corrected chi connectivity index (χ3v) is 3.50. The lowest BCUT2D eigenvalue weighted by Gasteiger charge is -2.36. The fourth-order valence-corrected chi connectivity index (χ4v) is 2.39. The lowest BCUT2D eigenvalue weighted by Crippen LogP contribution is -2.49. The van der Waals surface area contributed by atoms with Crippen LogP contribution < -0.4 is 4.90 Å². The smallest absolute Gasteiger partial charge is 0.248 e. The zero-order valence-corrected chi connectivity index (χ0v) is 12.1. The van der Waals surface area contributed by atoms with Gasteiger partial charge in [0, 0.05) is 36.9 Å². The van der Waals surface area contributed by atoms with Gasteiger partial charge in [-0.2, -0.15) is 0 Å². The average Bonchev–Trinajstić information content (AvgIpc) is 2.47. The number of aliphatic hydroxyl groups is 1. The van der Waals surface area contributed by atoms with Crippen LogP contribution in [0.5, 0.6) is 0 Å². The van der Waals surface area contributed by atoms with Crippen molar-refractivity contribution in [3.63, 3.8) is 0 Å². The Morgan fingerprint density at radius 3 is 2.70 bits per heavy atom. The summed E-state index contributed by atoms with van der Waals surface area (Å²) in [5.41, 5.74) is 1.08. The number of rotatable bonds is 5. The van der Waals surface area contributed by atoms with E-state index in [1.807, 2.05) is 24.3 Å². The number of benzene rings is 1. The molecule has 1 heterocycles. The van der Waals surface area contributed by atoms with E-state index in [0.29, 0.717) is 13.1 Å². The number of nitrogens with zero attached hydrogens (tertiary/aromatic N) is 2. The molecule has 1 aliphatic rings. The van der Waals surface area contributed by atoms with E-state index in [-0.39, 0.29) is 25.7 Å². The van der Waals surface area contributed by atoms with Gasteiger partial charge in [0.05, 0.1) is 13.2 Å². The molecule has 0 saturated carbocycles. The van der Waals surface area contributed by atoms with Gasteiger partial charge in [-0.25, -0.2) is 0 Å². The van der Waals surface area contributed by atoms with Gasteiger partial charge in [-0.3, -0.25) is 4.79 Å². The van der Waals surface area contributed by atoms with Crippen LogP contribution in [0.25, 0.3) is 0 Å². The second-order valence-electron chi connectivity index (χ2n) is 4.62. The summed E-state index contributed by atoms with van der Waals surface area (Å²) in [6, 6.07) is 7.73. The summed E-state index contributed by atoms with van der Waals surface area (Å²) in [7, 11) is 0. The minimum absolute atomic E-state index is 0.0239. The van der Waals surface area contributed by atoms with Gasteiger partial charge in [-0.15, -0.1) is 0 Å². The van der Waals surface area contributed by atoms with Gasteiger partial charge >= 0.3 is 0 Å². The Kier molecular flexibility index (Phi) is 5.64. The maximum Gasteiger partial charge on any atom is 0.248 e. The SMILES string of the molecule is O=C(COCCO)N1CCN(c2cccc(Cl)c2)CC1. The van der Waals surface area contributed by atoms with Gasteiger partial charge in [-0.05, 0) is 18.2 Å². The Morgan fingerprint density at radius 1 is 1.30 bits per heavy atom. The zero-order valence-electron chi connectivity index (χ0n) is 11.3. The van der Waals surface area contributed by atoms with Crippen molar-refractivity contribution in [2.75, 3.05) is 50.9 Å². The van der Waals surface area contributed by atoms with Gasteiger partial charge in [0.2, 0.25) is 5.91 Å². The Bertz CT molecular complexity index is 448. The van der Waals surface area contributed by atoms with Crippen molar-refractivity contribution >= 4 is 23.2 Å². The molecule has 0 atom stereocenters. The molecule has 2 rings (SSSR count). The number of aliphatic hydroxyl groups excluding tert-OH is 1. The number of anilines is 1. The number of halogens is 1. The molecule has 6 heteroatoms. The first-order valence-corrected chi connectivity index (χ1v) is 7.05. The number of carbonyl (C=O) groups excluding carboxylic acids is 1. The van der Waals surface area contributed by atoms with Gasteiger partial charge in [0.15, 0.2) is 0 Å². The quantitative estimate of drug-likeness (QED) is 0.824. The number of hydrogen-bond donors (Lipinski definition) is 1. The van der Waals surface area contributed by atoms with E-state index in [1.54, 1.807) is 4.90 Å². The second-order valence-corrected chi connectivity index (χ2v) is 5.06. The first-order valence-electron chi connectivity index (χ1n) is 6.67. The molecule has 1 aromatic rings. The van der Waals surface area contributed by atoms with Crippen LogP contribution in [0.3, 0.4) is 0 Å². The molecule has 0 spiro atoms. The molecule has 1 saturated heterocycles. The summed E-state index contributed by atoms with van der Waals surface area (Å²) in [6.45, 7) is 3.10. The fourth-order valence-electron chi connectivity index (χ4n) is 2.20. The van der Waals surface area contributed by atoms with E-state index >= 15 is 0 Å². The van der Waals surface area contributed by atoms with Crippen LogP contribution in [0.2, 0.25) is 5.02 Å². The number of ether oxygens (including phenoxy) is 1. The second kappa shape index (κ2) is 7.47. The molecule has 0 bridgehead atoms. The monoisotopic (exact) mass is 298 g/mol. The van der Waals surface area contributed by atoms with E-state index in [2.05, 4.69) is 4.90 Å². The minimum Gasteiger partial charge on any atom is -0.394 e. The highest BCUT2D eigenvalue weighted by molar-refractivity contribution is 6.30. The van der Waals surface area contributed by atoms with E-state index in [1.165, 1.54) is 0 Å². The van der Waals surface area contributed by atoms with Crippen LogP contribution in [-0.2, 0) is 9.53 Å². The molecule has 0 radical (unpaired) electrons. The van der Waals surface area contributed by atoms with Gasteiger partial charge in [0.25, 0.3) is 0 Å². The van der Waals surface area contributed by atoms with Crippen molar-refractivity contribution in [3.05, 3.63) is 29.3 Å². The largest absolute Gasteiger partial charge is 0.394 e. The van der Waals surface area contributed by atoms with Crippen molar-refractivity contribution in [1.82, 2.24) is 4.90 Å². The van der Waals surface area contributed by atoms with Crippen molar-refractivity contribution in [1.29, 1.82) is 0 Å². The first kappa shape index (κ1) is 15.1. The number of piperazine rings is 1. The molecule has 110 valence electrons. The molecule has 5 nitrogen and oxygen atoms in total. The summed E-state index contributed by atoms with van der Waals surface area (Å²) in [5, 5.41) is 9.33. The molecule has 20 heavy (non-hydrogen) atoms. The van der Waals surface area contributed by atoms with Crippen molar-refractivity contribution in [3.8, 4) is 0 Å². The van der Waals surface area contributed by atoms with Crippen molar-refractivity contribution < 1.29 is 14.6 Å². The summed E-state index contributed by atoms with van der Waals surface area (Å²) in [4.78, 5) is 15.9. The maximum absolute atomic E-state index is 11.8. The normalized spacial score (nSPS) is 15.5. The van der Waals surface area contributed by atoms with E-state index in [9.17, 15) is 4.79 Å². The van der Waals surface area contributed by atoms with Crippen LogP contribution in [0, 0.1) is 0 Å². The standard InChI is InChI=1S/C14H19ClN2O3/c15-12-2-1-3-13(10-12)16-4-6-17(7-5-16)14(19)11-20-9-8-18/h1-3,10,18H,4-9,11H2. The highest BCUT2D eigenvalue weighted by Gasteiger charge is 2.21. The van der Waals surface area contributed by atoms with Gasteiger partial charge < -0.3 is 19.6 Å². The lowest BCUT2D eigenvalue weighted by molar-refractivity contribution is -0.136. The molecule has 1 amide bonds. The molecule has 0 aromatic heterocycles. The van der Waals surface area contributed by atoms with Crippen LogP contribution in [0.4, 0.5) is 5.69 Å². The summed E-state index contributed by atoms with van der Waals surface area (Å²) >= 11 is 5.99. The van der Waals surface area contributed by atoms with Crippen LogP contribution >= 0.6 is 11.6 Å². The molecule has 1 N–H and O–H groups in total. The predicted molar refractivity (Wildman–Crippen MR) is 78.1 cm³/mol. The maximum atomic E-state index is 11.8. The lowest BCUT2D eigenvalue weighted by atomic mass is 10.2. The predicted octanol–water partition coefficient (Wildman–Crippen LogP) is 0.997. The number of hydrogen-bond acceptors (Lipinski definition) is 4. The van der Waals surface area contributed by atoms with Crippen LogP contribution in [0.15, 0.2) is 24.3 Å².